The molecule has 0 amide bonds. The van der Waals surface area contributed by atoms with Crippen molar-refractivity contribution in [3.8, 4) is 0 Å². The van der Waals surface area contributed by atoms with Gasteiger partial charge in [0.1, 0.15) is 4.21 Å². The summed E-state index contributed by atoms with van der Waals surface area (Å²) in [4.78, 5) is 10.7. The number of carboxylic acid groups (broad SMARTS) is 1. The summed E-state index contributed by atoms with van der Waals surface area (Å²) in [6, 6.07) is 7.93. The van der Waals surface area contributed by atoms with Crippen molar-refractivity contribution in [2.45, 2.75) is 17.6 Å². The van der Waals surface area contributed by atoms with Crippen molar-refractivity contribution < 1.29 is 18.3 Å². The smallest absolute Gasteiger partial charge is 0.307 e. The van der Waals surface area contributed by atoms with Gasteiger partial charge in [-0.05, 0) is 52.2 Å². The highest BCUT2D eigenvalue weighted by Gasteiger charge is 2.18. The topological polar surface area (TPSA) is 83.5 Å². The van der Waals surface area contributed by atoms with Crippen LogP contribution in [0.25, 0.3) is 0 Å². The lowest BCUT2D eigenvalue weighted by atomic mass is 10.1. The Hall–Kier alpha value is -1.38. The van der Waals surface area contributed by atoms with Crippen LogP contribution < -0.4 is 4.72 Å². The zero-order chi connectivity index (χ0) is 15.6. The summed E-state index contributed by atoms with van der Waals surface area (Å²) in [7, 11) is -3.67. The fourth-order valence-electron chi connectivity index (χ4n) is 1.69. The summed E-state index contributed by atoms with van der Waals surface area (Å²) in [6.45, 7) is 1.81. The van der Waals surface area contributed by atoms with Gasteiger partial charge >= 0.3 is 5.97 Å². The van der Waals surface area contributed by atoms with Gasteiger partial charge < -0.3 is 5.11 Å². The number of aliphatic carboxylic acids is 1. The van der Waals surface area contributed by atoms with Gasteiger partial charge in [0.05, 0.1) is 10.2 Å². The molecule has 2 N–H and O–H groups in total. The predicted molar refractivity (Wildman–Crippen MR) is 85.3 cm³/mol. The second-order valence-corrected chi connectivity index (χ2v) is 8.68. The number of nitrogens with one attached hydrogen (secondary N) is 1. The highest BCUT2D eigenvalue weighted by molar-refractivity contribution is 9.11. The standard InChI is InChI=1S/C13H12BrNO4S2/c1-8-5-12(20-13(8)14)21(18,19)15-10-4-2-3-9(6-10)7-11(16)17/h2-6,15H,7H2,1H3,(H,16,17). The molecule has 0 saturated carbocycles. The van der Waals surface area contributed by atoms with Gasteiger partial charge in [-0.2, -0.15) is 0 Å². The number of aryl methyl sites for hydroxylation is 1. The SMILES string of the molecule is Cc1cc(S(=O)(=O)Nc2cccc(CC(=O)O)c2)sc1Br. The first-order valence-electron chi connectivity index (χ1n) is 5.87. The average molecular weight is 390 g/mol. The number of hydrogen-bond acceptors (Lipinski definition) is 4. The Balaban J connectivity index is 2.26. The van der Waals surface area contributed by atoms with Gasteiger partial charge in [-0.25, -0.2) is 8.42 Å². The number of thiophene rings is 1. The van der Waals surface area contributed by atoms with Crippen LogP contribution in [0.2, 0.25) is 0 Å². The molecule has 0 spiro atoms. The molecule has 0 radical (unpaired) electrons. The lowest BCUT2D eigenvalue weighted by Crippen LogP contribution is -2.11. The van der Waals surface area contributed by atoms with Crippen LogP contribution >= 0.6 is 27.3 Å². The van der Waals surface area contributed by atoms with Gasteiger partial charge in [0, 0.05) is 5.69 Å². The maximum absolute atomic E-state index is 12.3. The van der Waals surface area contributed by atoms with E-state index in [0.717, 1.165) is 20.7 Å². The summed E-state index contributed by atoms with van der Waals surface area (Å²) >= 11 is 4.42. The van der Waals surface area contributed by atoms with E-state index in [0.29, 0.717) is 11.3 Å². The van der Waals surface area contributed by atoms with Crippen LogP contribution in [0.4, 0.5) is 5.69 Å². The van der Waals surface area contributed by atoms with Crippen LogP contribution in [-0.4, -0.2) is 19.5 Å². The summed E-state index contributed by atoms with van der Waals surface area (Å²) in [6.07, 6.45) is -0.154. The fraction of sp³-hybridized carbons (Fsp3) is 0.154. The van der Waals surface area contributed by atoms with Gasteiger partial charge in [0.2, 0.25) is 0 Å². The Morgan fingerprint density at radius 2 is 2.10 bits per heavy atom. The van der Waals surface area contributed by atoms with Crippen molar-refractivity contribution in [2.24, 2.45) is 0 Å². The number of carbonyl (C=O) groups is 1. The normalized spacial score (nSPS) is 11.3. The van der Waals surface area contributed by atoms with Crippen molar-refractivity contribution in [1.82, 2.24) is 0 Å². The van der Waals surface area contributed by atoms with E-state index in [1.807, 2.05) is 6.92 Å². The average Bonchev–Trinajstić information content (AvgIpc) is 2.69. The molecule has 0 aliphatic heterocycles. The first-order valence-corrected chi connectivity index (χ1v) is 8.97. The van der Waals surface area contributed by atoms with Crippen LogP contribution in [-0.2, 0) is 21.2 Å². The van der Waals surface area contributed by atoms with Gasteiger partial charge in [-0.1, -0.05) is 12.1 Å². The lowest BCUT2D eigenvalue weighted by molar-refractivity contribution is -0.136. The molecule has 5 nitrogen and oxygen atoms in total. The molecule has 2 rings (SSSR count). The van der Waals surface area contributed by atoms with Gasteiger partial charge in [-0.15, -0.1) is 11.3 Å². The second-order valence-electron chi connectivity index (χ2n) is 4.40. The molecular formula is C13H12BrNO4S2. The van der Waals surface area contributed by atoms with E-state index in [1.54, 1.807) is 24.3 Å². The summed E-state index contributed by atoms with van der Waals surface area (Å²) in [5.41, 5.74) is 1.72. The Kier molecular flexibility index (Phi) is 4.70. The Morgan fingerprint density at radius 3 is 2.67 bits per heavy atom. The van der Waals surface area contributed by atoms with Crippen molar-refractivity contribution in [3.05, 3.63) is 45.2 Å². The zero-order valence-electron chi connectivity index (χ0n) is 11.0. The van der Waals surface area contributed by atoms with Crippen molar-refractivity contribution in [2.75, 3.05) is 4.72 Å². The summed E-state index contributed by atoms with van der Waals surface area (Å²) < 4.78 is 28.0. The van der Waals surface area contributed by atoms with E-state index in [9.17, 15) is 13.2 Å². The molecule has 1 heterocycles. The molecule has 8 heteroatoms. The van der Waals surface area contributed by atoms with Crippen LogP contribution in [0.3, 0.4) is 0 Å². The number of sulfonamides is 1. The third kappa shape index (κ3) is 4.05. The number of benzene rings is 1. The molecule has 0 saturated heterocycles. The van der Waals surface area contributed by atoms with Crippen LogP contribution in [0.1, 0.15) is 11.1 Å². The number of anilines is 1. The first-order chi connectivity index (χ1) is 9.78. The quantitative estimate of drug-likeness (QED) is 0.821. The monoisotopic (exact) mass is 389 g/mol. The molecule has 2 aromatic rings. The number of hydrogen-bond donors (Lipinski definition) is 2. The molecule has 21 heavy (non-hydrogen) atoms. The predicted octanol–water partition coefficient (Wildman–Crippen LogP) is 3.25. The minimum Gasteiger partial charge on any atom is -0.481 e. The molecule has 1 aromatic carbocycles. The highest BCUT2D eigenvalue weighted by Crippen LogP contribution is 2.31. The Labute approximate surface area is 134 Å². The van der Waals surface area contributed by atoms with Crippen LogP contribution in [0.5, 0.6) is 0 Å². The van der Waals surface area contributed by atoms with E-state index in [2.05, 4.69) is 20.7 Å². The number of rotatable bonds is 5. The minimum absolute atomic E-state index is 0.154. The molecule has 0 aliphatic carbocycles. The van der Waals surface area contributed by atoms with E-state index in [-0.39, 0.29) is 10.6 Å². The number of carboxylic acids is 1. The molecule has 0 aliphatic rings. The minimum atomic E-state index is -3.67. The zero-order valence-corrected chi connectivity index (χ0v) is 14.2. The maximum Gasteiger partial charge on any atom is 0.307 e. The highest BCUT2D eigenvalue weighted by atomic mass is 79.9. The second kappa shape index (κ2) is 6.17. The molecular weight excluding hydrogens is 378 g/mol. The van der Waals surface area contributed by atoms with E-state index in [4.69, 9.17) is 5.11 Å². The summed E-state index contributed by atoms with van der Waals surface area (Å²) in [5.74, 6) is -0.965. The number of halogens is 1. The largest absolute Gasteiger partial charge is 0.481 e. The molecule has 0 unspecified atom stereocenters. The van der Waals surface area contributed by atoms with E-state index < -0.39 is 16.0 Å². The third-order valence-electron chi connectivity index (χ3n) is 2.63. The van der Waals surface area contributed by atoms with E-state index >= 15 is 0 Å². The lowest BCUT2D eigenvalue weighted by Gasteiger charge is -2.07. The van der Waals surface area contributed by atoms with Crippen LogP contribution in [0.15, 0.2) is 38.3 Å². The van der Waals surface area contributed by atoms with Crippen molar-refractivity contribution in [3.63, 3.8) is 0 Å². The Morgan fingerprint density at radius 1 is 1.38 bits per heavy atom. The van der Waals surface area contributed by atoms with E-state index in [1.165, 1.54) is 6.07 Å². The molecule has 0 bridgehead atoms. The van der Waals surface area contributed by atoms with Crippen LogP contribution in [0, 0.1) is 6.92 Å². The Bertz CT molecular complexity index is 764. The van der Waals surface area contributed by atoms with Crippen molar-refractivity contribution in [1.29, 1.82) is 0 Å². The third-order valence-corrected chi connectivity index (χ3v) is 6.63. The molecule has 0 atom stereocenters. The first kappa shape index (κ1) is 16.0. The van der Waals surface area contributed by atoms with Gasteiger partial charge in [0.25, 0.3) is 10.0 Å². The molecule has 0 fully saturated rings. The van der Waals surface area contributed by atoms with Crippen molar-refractivity contribution >= 4 is 48.9 Å². The molecule has 112 valence electrons. The van der Waals surface area contributed by atoms with Gasteiger partial charge in [-0.3, -0.25) is 9.52 Å². The molecule has 1 aromatic heterocycles. The summed E-state index contributed by atoms with van der Waals surface area (Å²) in [5, 5.41) is 8.76. The fourth-order valence-corrected chi connectivity index (χ4v) is 4.96. The maximum atomic E-state index is 12.3. The van der Waals surface area contributed by atoms with Gasteiger partial charge in [0.15, 0.2) is 0 Å².